The first kappa shape index (κ1) is 14.2. The molecular weight excluding hydrogens is 281 g/mol. The van der Waals surface area contributed by atoms with E-state index in [0.717, 1.165) is 11.5 Å². The van der Waals surface area contributed by atoms with Gasteiger partial charge < -0.3 is 4.90 Å². The third-order valence-corrected chi connectivity index (χ3v) is 3.72. The molecule has 2 rings (SSSR count). The van der Waals surface area contributed by atoms with Gasteiger partial charge in [0.25, 0.3) is 5.91 Å². The Morgan fingerprint density at radius 1 is 1.32 bits per heavy atom. The molecule has 1 aromatic rings. The van der Waals surface area contributed by atoms with Gasteiger partial charge >= 0.3 is 6.18 Å². The molecule has 9 heteroatoms. The number of halogens is 3. The number of piperazine rings is 1. The van der Waals surface area contributed by atoms with E-state index in [-0.39, 0.29) is 19.0 Å². The van der Waals surface area contributed by atoms with E-state index in [0.29, 0.717) is 23.7 Å². The van der Waals surface area contributed by atoms with Crippen molar-refractivity contribution in [1.82, 2.24) is 19.4 Å². The molecule has 1 amide bonds. The zero-order valence-electron chi connectivity index (χ0n) is 10.3. The summed E-state index contributed by atoms with van der Waals surface area (Å²) in [6, 6.07) is 0. The minimum absolute atomic E-state index is 0.195. The van der Waals surface area contributed by atoms with Crippen LogP contribution in [0.25, 0.3) is 0 Å². The first-order chi connectivity index (χ1) is 8.87. The van der Waals surface area contributed by atoms with Crippen LogP contribution < -0.4 is 0 Å². The molecule has 0 aliphatic carbocycles. The molecule has 0 atom stereocenters. The Balaban J connectivity index is 1.90. The monoisotopic (exact) mass is 294 g/mol. The van der Waals surface area contributed by atoms with E-state index in [1.54, 1.807) is 11.8 Å². The van der Waals surface area contributed by atoms with Gasteiger partial charge in [-0.3, -0.25) is 9.69 Å². The molecule has 0 saturated carbocycles. The van der Waals surface area contributed by atoms with Crippen molar-refractivity contribution in [3.05, 3.63) is 10.6 Å². The van der Waals surface area contributed by atoms with Crippen LogP contribution in [0.1, 0.15) is 15.4 Å². The fourth-order valence-electron chi connectivity index (χ4n) is 1.93. The number of alkyl halides is 3. The van der Waals surface area contributed by atoms with Crippen LogP contribution >= 0.6 is 11.5 Å². The molecule has 1 fully saturated rings. The maximum atomic E-state index is 12.2. The molecule has 2 heterocycles. The van der Waals surface area contributed by atoms with Crippen molar-refractivity contribution in [2.24, 2.45) is 0 Å². The van der Waals surface area contributed by atoms with E-state index >= 15 is 0 Å². The third kappa shape index (κ3) is 3.63. The lowest BCUT2D eigenvalue weighted by molar-refractivity contribution is -0.148. The second-order valence-corrected chi connectivity index (χ2v) is 5.13. The van der Waals surface area contributed by atoms with Crippen LogP contribution in [0, 0.1) is 6.92 Å². The minimum atomic E-state index is -4.19. The Bertz CT molecular complexity index is 454. The number of rotatable bonds is 2. The largest absolute Gasteiger partial charge is 0.401 e. The molecule has 19 heavy (non-hydrogen) atoms. The molecule has 0 bridgehead atoms. The smallest absolute Gasteiger partial charge is 0.335 e. The van der Waals surface area contributed by atoms with Crippen molar-refractivity contribution >= 4 is 17.4 Å². The number of aromatic nitrogens is 2. The maximum Gasteiger partial charge on any atom is 0.401 e. The number of carbonyl (C=O) groups is 1. The Labute approximate surface area is 112 Å². The van der Waals surface area contributed by atoms with Crippen LogP contribution in [-0.4, -0.2) is 64.2 Å². The van der Waals surface area contributed by atoms with Crippen LogP contribution in [0.5, 0.6) is 0 Å². The van der Waals surface area contributed by atoms with E-state index < -0.39 is 12.7 Å². The maximum absolute atomic E-state index is 12.2. The first-order valence-corrected chi connectivity index (χ1v) is 6.51. The van der Waals surface area contributed by atoms with Crippen molar-refractivity contribution in [3.63, 3.8) is 0 Å². The molecule has 106 valence electrons. The van der Waals surface area contributed by atoms with E-state index in [4.69, 9.17) is 0 Å². The Morgan fingerprint density at radius 2 is 1.95 bits per heavy atom. The normalized spacial score (nSPS) is 17.8. The van der Waals surface area contributed by atoms with E-state index in [2.05, 4.69) is 9.59 Å². The van der Waals surface area contributed by atoms with Crippen molar-refractivity contribution in [3.8, 4) is 0 Å². The summed E-state index contributed by atoms with van der Waals surface area (Å²) in [5.41, 5.74) is 0.563. The summed E-state index contributed by atoms with van der Waals surface area (Å²) in [5, 5.41) is 3.76. The average molecular weight is 294 g/mol. The van der Waals surface area contributed by atoms with Gasteiger partial charge in [-0.1, -0.05) is 4.49 Å². The van der Waals surface area contributed by atoms with Gasteiger partial charge in [-0.05, 0) is 18.5 Å². The predicted molar refractivity (Wildman–Crippen MR) is 63.0 cm³/mol. The lowest BCUT2D eigenvalue weighted by atomic mass is 10.2. The second-order valence-electron chi connectivity index (χ2n) is 4.37. The lowest BCUT2D eigenvalue weighted by Crippen LogP contribution is -2.50. The van der Waals surface area contributed by atoms with E-state index in [1.165, 1.54) is 4.90 Å². The summed E-state index contributed by atoms with van der Waals surface area (Å²) in [4.78, 5) is 15.4. The molecule has 1 aliphatic rings. The zero-order valence-corrected chi connectivity index (χ0v) is 11.1. The molecule has 0 aromatic carbocycles. The summed E-state index contributed by atoms with van der Waals surface area (Å²) in [6.07, 6.45) is -4.19. The summed E-state index contributed by atoms with van der Waals surface area (Å²) in [5.74, 6) is -0.195. The second kappa shape index (κ2) is 5.41. The van der Waals surface area contributed by atoms with Gasteiger partial charge in [-0.25, -0.2) is 0 Å². The Hall–Kier alpha value is -1.22. The predicted octanol–water partition coefficient (Wildman–Crippen LogP) is 1.17. The summed E-state index contributed by atoms with van der Waals surface area (Å²) in [6.45, 7) is 1.83. The molecule has 0 unspecified atom stereocenters. The van der Waals surface area contributed by atoms with Crippen molar-refractivity contribution < 1.29 is 18.0 Å². The van der Waals surface area contributed by atoms with Crippen LogP contribution in [0.15, 0.2) is 0 Å². The summed E-state index contributed by atoms with van der Waals surface area (Å²) >= 11 is 1.02. The standard InChI is InChI=1S/C10H13F3N4OS/c1-7-8(19-15-14-7)9(18)17-4-2-16(3-5-17)6-10(11,12)13/h2-6H2,1H3. The molecule has 0 radical (unpaired) electrons. The fourth-order valence-corrected chi connectivity index (χ4v) is 2.56. The molecule has 1 saturated heterocycles. The molecule has 0 N–H and O–H groups in total. The average Bonchev–Trinajstić information content (AvgIpc) is 2.73. The quantitative estimate of drug-likeness (QED) is 0.821. The SMILES string of the molecule is Cc1nnsc1C(=O)N1CCN(CC(F)(F)F)CC1. The third-order valence-electron chi connectivity index (χ3n) is 2.91. The highest BCUT2D eigenvalue weighted by atomic mass is 32.1. The van der Waals surface area contributed by atoms with Gasteiger partial charge in [-0.15, -0.1) is 5.10 Å². The number of amides is 1. The van der Waals surface area contributed by atoms with Crippen molar-refractivity contribution in [2.45, 2.75) is 13.1 Å². The number of hydrogen-bond acceptors (Lipinski definition) is 5. The molecule has 1 aliphatic heterocycles. The number of hydrogen-bond donors (Lipinski definition) is 0. The topological polar surface area (TPSA) is 49.3 Å². The van der Waals surface area contributed by atoms with Gasteiger partial charge in [0.05, 0.1) is 12.2 Å². The van der Waals surface area contributed by atoms with Gasteiger partial charge in [0.1, 0.15) is 4.88 Å². The van der Waals surface area contributed by atoms with Crippen LogP contribution in [0.4, 0.5) is 13.2 Å². The summed E-state index contributed by atoms with van der Waals surface area (Å²) in [7, 11) is 0. The fraction of sp³-hybridized carbons (Fsp3) is 0.700. The van der Waals surface area contributed by atoms with Gasteiger partial charge in [0, 0.05) is 26.2 Å². The van der Waals surface area contributed by atoms with E-state index in [9.17, 15) is 18.0 Å². The van der Waals surface area contributed by atoms with Crippen molar-refractivity contribution in [2.75, 3.05) is 32.7 Å². The molecule has 1 aromatic heterocycles. The Morgan fingerprint density at radius 3 is 2.42 bits per heavy atom. The number of carbonyl (C=O) groups excluding carboxylic acids is 1. The summed E-state index contributed by atoms with van der Waals surface area (Å²) < 4.78 is 40.4. The van der Waals surface area contributed by atoms with Gasteiger partial charge in [0.2, 0.25) is 0 Å². The Kier molecular flexibility index (Phi) is 4.04. The molecule has 0 spiro atoms. The van der Waals surface area contributed by atoms with Crippen LogP contribution in [0.2, 0.25) is 0 Å². The first-order valence-electron chi connectivity index (χ1n) is 5.74. The molecular formula is C10H13F3N4OS. The van der Waals surface area contributed by atoms with Crippen LogP contribution in [-0.2, 0) is 0 Å². The number of aryl methyl sites for hydroxylation is 1. The van der Waals surface area contributed by atoms with Crippen molar-refractivity contribution in [1.29, 1.82) is 0 Å². The minimum Gasteiger partial charge on any atom is -0.335 e. The van der Waals surface area contributed by atoms with Gasteiger partial charge in [0.15, 0.2) is 0 Å². The zero-order chi connectivity index (χ0) is 14.0. The number of nitrogens with zero attached hydrogens (tertiary/aromatic N) is 4. The molecule has 5 nitrogen and oxygen atoms in total. The van der Waals surface area contributed by atoms with Crippen LogP contribution in [0.3, 0.4) is 0 Å². The highest BCUT2D eigenvalue weighted by Crippen LogP contribution is 2.19. The highest BCUT2D eigenvalue weighted by molar-refractivity contribution is 7.07. The highest BCUT2D eigenvalue weighted by Gasteiger charge is 2.33. The van der Waals surface area contributed by atoms with Gasteiger partial charge in [-0.2, -0.15) is 13.2 Å². The van der Waals surface area contributed by atoms with E-state index in [1.807, 2.05) is 0 Å². The lowest BCUT2D eigenvalue weighted by Gasteiger charge is -2.34.